The fraction of sp³-hybridized carbons (Fsp3) is 0.269. The van der Waals surface area contributed by atoms with Crippen LogP contribution in [-0.2, 0) is 0 Å². The summed E-state index contributed by atoms with van der Waals surface area (Å²) < 4.78 is 19.2. The van der Waals surface area contributed by atoms with Crippen LogP contribution in [0.5, 0.6) is 11.5 Å². The van der Waals surface area contributed by atoms with Gasteiger partial charge in [0, 0.05) is 22.6 Å². The maximum absolute atomic E-state index is 13.2. The minimum atomic E-state index is -0.651. The topological polar surface area (TPSA) is 52.9 Å². The summed E-state index contributed by atoms with van der Waals surface area (Å²) in [7, 11) is 1.57. The second kappa shape index (κ2) is 10.5. The van der Waals surface area contributed by atoms with Crippen molar-refractivity contribution in [1.82, 2.24) is 0 Å². The number of para-hydroxylation sites is 1. The monoisotopic (exact) mass is 483 g/mol. The van der Waals surface area contributed by atoms with E-state index in [1.165, 1.54) is 12.1 Å². The number of phenolic OH excluding ortho intramolecular Hbond substituents is 1. The van der Waals surface area contributed by atoms with Crippen molar-refractivity contribution in [2.45, 2.75) is 36.7 Å². The van der Waals surface area contributed by atoms with E-state index in [-0.39, 0.29) is 22.9 Å². The van der Waals surface area contributed by atoms with Crippen molar-refractivity contribution in [2.24, 2.45) is 0 Å². The lowest BCUT2D eigenvalue weighted by molar-refractivity contribution is 0.163. The molecule has 172 valence electrons. The molecule has 2 N–H and O–H groups in total. The van der Waals surface area contributed by atoms with Gasteiger partial charge >= 0.3 is 0 Å². The Morgan fingerprint density at radius 2 is 1.82 bits per heavy atom. The third-order valence-electron chi connectivity index (χ3n) is 5.89. The van der Waals surface area contributed by atoms with Gasteiger partial charge in [0.05, 0.1) is 19.3 Å². The molecule has 1 saturated heterocycles. The van der Waals surface area contributed by atoms with Crippen LogP contribution < -0.4 is 9.64 Å². The molecule has 4 nitrogen and oxygen atoms in total. The number of aliphatic hydroxyl groups excluding tert-OH is 1. The zero-order valence-corrected chi connectivity index (χ0v) is 19.9. The maximum Gasteiger partial charge on any atom is 0.141 e. The molecule has 0 radical (unpaired) electrons. The number of aromatic hydroxyl groups is 1. The molecule has 3 aromatic carbocycles. The van der Waals surface area contributed by atoms with Crippen LogP contribution in [0.4, 0.5) is 10.1 Å². The van der Waals surface area contributed by atoms with E-state index in [1.807, 2.05) is 42.5 Å². The summed E-state index contributed by atoms with van der Waals surface area (Å²) in [5.74, 6) is 0.446. The number of rotatable bonds is 8. The SMILES string of the molecule is COc1ccc([C@@H]2[C@@H](CCC[C@@H](O)c3ccc(F)cc3)SC(=S)N2c2ccccc2)c(O)c1. The maximum atomic E-state index is 13.2. The van der Waals surface area contributed by atoms with Gasteiger partial charge in [-0.3, -0.25) is 0 Å². The molecular weight excluding hydrogens is 457 g/mol. The Kier molecular flexibility index (Phi) is 7.53. The number of phenols is 1. The second-order valence-corrected chi connectivity index (χ2v) is 9.87. The first kappa shape index (κ1) is 23.5. The van der Waals surface area contributed by atoms with E-state index in [2.05, 4.69) is 4.90 Å². The summed E-state index contributed by atoms with van der Waals surface area (Å²) in [4.78, 5) is 2.10. The van der Waals surface area contributed by atoms with Gasteiger partial charge in [-0.2, -0.15) is 0 Å². The molecule has 0 aromatic heterocycles. The normalized spacial score (nSPS) is 19.0. The Labute approximate surface area is 203 Å². The Morgan fingerprint density at radius 3 is 2.48 bits per heavy atom. The number of halogens is 1. The zero-order chi connectivity index (χ0) is 23.4. The fourth-order valence-corrected chi connectivity index (χ4v) is 6.07. The Balaban J connectivity index is 1.55. The number of hydrogen-bond donors (Lipinski definition) is 2. The summed E-state index contributed by atoms with van der Waals surface area (Å²) in [6, 6.07) is 21.1. The van der Waals surface area contributed by atoms with Crippen LogP contribution in [0.1, 0.15) is 42.5 Å². The van der Waals surface area contributed by atoms with E-state index in [0.29, 0.717) is 17.7 Å². The number of aliphatic hydroxyl groups is 1. The number of hydrogen-bond acceptors (Lipinski definition) is 5. The summed E-state index contributed by atoms with van der Waals surface area (Å²) in [5, 5.41) is 21.4. The van der Waals surface area contributed by atoms with Gasteiger partial charge in [0.2, 0.25) is 0 Å². The van der Waals surface area contributed by atoms with Crippen molar-refractivity contribution >= 4 is 34.0 Å². The third kappa shape index (κ3) is 5.32. The second-order valence-electron chi connectivity index (χ2n) is 8.00. The minimum absolute atomic E-state index is 0.0948. The largest absolute Gasteiger partial charge is 0.507 e. The average Bonchev–Trinajstić information content (AvgIpc) is 3.15. The number of thiocarbonyl (C=S) groups is 1. The smallest absolute Gasteiger partial charge is 0.141 e. The molecule has 0 unspecified atom stereocenters. The number of anilines is 1. The molecule has 0 amide bonds. The molecule has 0 spiro atoms. The highest BCUT2D eigenvalue weighted by Crippen LogP contribution is 2.49. The average molecular weight is 484 g/mol. The number of methoxy groups -OCH3 is 1. The summed E-state index contributed by atoms with van der Waals surface area (Å²) in [5.41, 5.74) is 2.47. The molecule has 0 saturated carbocycles. The molecular formula is C26H26FNO3S2. The number of benzene rings is 3. The van der Waals surface area contributed by atoms with Crippen LogP contribution in [0, 0.1) is 5.82 Å². The number of thioether (sulfide) groups is 1. The van der Waals surface area contributed by atoms with Crippen LogP contribution in [0.25, 0.3) is 0 Å². The van der Waals surface area contributed by atoms with Gasteiger partial charge in [-0.1, -0.05) is 54.3 Å². The lowest BCUT2D eigenvalue weighted by Crippen LogP contribution is -2.29. The van der Waals surface area contributed by atoms with Crippen LogP contribution in [-0.4, -0.2) is 26.9 Å². The molecule has 4 rings (SSSR count). The molecule has 1 heterocycles. The highest BCUT2D eigenvalue weighted by atomic mass is 32.2. The molecule has 7 heteroatoms. The van der Waals surface area contributed by atoms with E-state index in [9.17, 15) is 14.6 Å². The fourth-order valence-electron chi connectivity index (χ4n) is 4.21. The predicted octanol–water partition coefficient (Wildman–Crippen LogP) is 6.39. The van der Waals surface area contributed by atoms with Crippen molar-refractivity contribution in [3.8, 4) is 11.5 Å². The first-order valence-electron chi connectivity index (χ1n) is 10.8. The highest BCUT2D eigenvalue weighted by Gasteiger charge is 2.41. The van der Waals surface area contributed by atoms with Crippen LogP contribution >= 0.6 is 24.0 Å². The van der Waals surface area contributed by atoms with Gasteiger partial charge in [0.25, 0.3) is 0 Å². The zero-order valence-electron chi connectivity index (χ0n) is 18.2. The standard InChI is InChI=1S/C26H26FNO3S2/c1-31-20-14-15-21(23(30)16-20)25-24(33-26(32)28(25)19-6-3-2-4-7-19)9-5-8-22(29)17-10-12-18(27)13-11-17/h2-4,6-7,10-16,22,24-25,29-30H,5,8-9H2,1H3/t22-,24-,25-/m1/s1. The van der Waals surface area contributed by atoms with Crippen LogP contribution in [0.3, 0.4) is 0 Å². The van der Waals surface area contributed by atoms with E-state index in [1.54, 1.807) is 37.1 Å². The molecule has 0 bridgehead atoms. The molecule has 1 fully saturated rings. The quantitative estimate of drug-likeness (QED) is 0.362. The lowest BCUT2D eigenvalue weighted by Gasteiger charge is -2.29. The molecule has 0 aliphatic carbocycles. The number of nitrogens with zero attached hydrogens (tertiary/aromatic N) is 1. The van der Waals surface area contributed by atoms with E-state index in [4.69, 9.17) is 17.0 Å². The van der Waals surface area contributed by atoms with Gasteiger partial charge in [0.15, 0.2) is 0 Å². The first-order chi connectivity index (χ1) is 16.0. The Bertz CT molecular complexity index is 1090. The van der Waals surface area contributed by atoms with E-state index < -0.39 is 6.10 Å². The van der Waals surface area contributed by atoms with E-state index >= 15 is 0 Å². The van der Waals surface area contributed by atoms with Gasteiger partial charge in [-0.05, 0) is 61.2 Å². The predicted molar refractivity (Wildman–Crippen MR) is 136 cm³/mol. The molecule has 1 aliphatic heterocycles. The first-order valence-corrected chi connectivity index (χ1v) is 12.1. The molecule has 3 atom stereocenters. The molecule has 3 aromatic rings. The van der Waals surface area contributed by atoms with Gasteiger partial charge in [-0.25, -0.2) is 4.39 Å². The van der Waals surface area contributed by atoms with Gasteiger partial charge in [-0.15, -0.1) is 0 Å². The third-order valence-corrected chi connectivity index (χ3v) is 7.57. The minimum Gasteiger partial charge on any atom is -0.507 e. The Morgan fingerprint density at radius 1 is 1.09 bits per heavy atom. The van der Waals surface area contributed by atoms with E-state index in [0.717, 1.165) is 28.4 Å². The van der Waals surface area contributed by atoms with Crippen molar-refractivity contribution in [1.29, 1.82) is 0 Å². The van der Waals surface area contributed by atoms with Crippen LogP contribution in [0.15, 0.2) is 72.8 Å². The summed E-state index contributed by atoms with van der Waals surface area (Å²) in [6.07, 6.45) is 1.46. The van der Waals surface area contributed by atoms with Crippen LogP contribution in [0.2, 0.25) is 0 Å². The summed E-state index contributed by atoms with van der Waals surface area (Å²) in [6.45, 7) is 0. The summed E-state index contributed by atoms with van der Waals surface area (Å²) >= 11 is 7.38. The van der Waals surface area contributed by atoms with Crippen molar-refractivity contribution < 1.29 is 19.3 Å². The van der Waals surface area contributed by atoms with Crippen molar-refractivity contribution in [2.75, 3.05) is 12.0 Å². The molecule has 1 aliphatic rings. The lowest BCUT2D eigenvalue weighted by atomic mass is 9.95. The van der Waals surface area contributed by atoms with Crippen molar-refractivity contribution in [3.05, 3.63) is 89.7 Å². The molecule has 33 heavy (non-hydrogen) atoms. The Hall–Kier alpha value is -2.61. The van der Waals surface area contributed by atoms with Crippen molar-refractivity contribution in [3.63, 3.8) is 0 Å². The number of ether oxygens (including phenoxy) is 1. The van der Waals surface area contributed by atoms with Gasteiger partial charge in [0.1, 0.15) is 21.6 Å². The van der Waals surface area contributed by atoms with Gasteiger partial charge < -0.3 is 19.8 Å². The highest BCUT2D eigenvalue weighted by molar-refractivity contribution is 8.24.